The molecule has 3 heterocycles. The summed E-state index contributed by atoms with van der Waals surface area (Å²) in [5.74, 6) is -0.234. The molecule has 0 radical (unpaired) electrons. The topological polar surface area (TPSA) is 17.3 Å². The van der Waals surface area contributed by atoms with Gasteiger partial charge < -0.3 is 4.40 Å². The summed E-state index contributed by atoms with van der Waals surface area (Å²) >= 11 is 1.68. The zero-order valence-corrected chi connectivity index (χ0v) is 11.8. The quantitative estimate of drug-likeness (QED) is 0.515. The number of aromatic nitrogens is 2. The highest BCUT2D eigenvalue weighted by molar-refractivity contribution is 7.08. The summed E-state index contributed by atoms with van der Waals surface area (Å²) in [6, 6.07) is 12.6. The Morgan fingerprint density at radius 2 is 1.67 bits per heavy atom. The van der Waals surface area contributed by atoms with E-state index in [0.717, 1.165) is 22.5 Å². The van der Waals surface area contributed by atoms with Crippen molar-refractivity contribution in [3.63, 3.8) is 0 Å². The first-order valence-corrected chi connectivity index (χ1v) is 7.51. The van der Waals surface area contributed by atoms with E-state index in [0.29, 0.717) is 0 Å². The number of pyridine rings is 1. The van der Waals surface area contributed by atoms with Crippen LogP contribution in [0.5, 0.6) is 0 Å². The molecule has 4 rings (SSSR count). The Bertz CT molecular complexity index is 892. The van der Waals surface area contributed by atoms with Crippen molar-refractivity contribution >= 4 is 17.0 Å². The predicted octanol–water partition coefficient (Wildman–Crippen LogP) is 4.87. The van der Waals surface area contributed by atoms with Gasteiger partial charge in [0.25, 0.3) is 0 Å². The van der Waals surface area contributed by atoms with Crippen LogP contribution in [0.15, 0.2) is 65.6 Å². The lowest BCUT2D eigenvalue weighted by Crippen LogP contribution is -1.83. The fourth-order valence-corrected chi connectivity index (χ4v) is 3.02. The van der Waals surface area contributed by atoms with Gasteiger partial charge in [0.05, 0.1) is 5.69 Å². The number of imidazole rings is 1. The maximum atomic E-state index is 13.0. The van der Waals surface area contributed by atoms with E-state index in [-0.39, 0.29) is 5.82 Å². The Morgan fingerprint density at radius 3 is 2.43 bits per heavy atom. The first-order valence-electron chi connectivity index (χ1n) is 6.57. The van der Waals surface area contributed by atoms with E-state index in [4.69, 9.17) is 0 Å². The number of hydrogen-bond acceptors (Lipinski definition) is 2. The first-order chi connectivity index (χ1) is 10.3. The SMILES string of the molecule is Fc1ccc(-c2cn3cc(-c4ccsc4)ccc3n2)cc1. The van der Waals surface area contributed by atoms with E-state index in [1.54, 1.807) is 23.5 Å². The minimum Gasteiger partial charge on any atom is -0.306 e. The fourth-order valence-electron chi connectivity index (χ4n) is 2.35. The fraction of sp³-hybridized carbons (Fsp3) is 0. The Labute approximate surface area is 125 Å². The van der Waals surface area contributed by atoms with Gasteiger partial charge in [0.2, 0.25) is 0 Å². The second kappa shape index (κ2) is 4.82. The second-order valence-electron chi connectivity index (χ2n) is 4.83. The molecule has 0 aliphatic carbocycles. The van der Waals surface area contributed by atoms with Crippen molar-refractivity contribution in [1.82, 2.24) is 9.38 Å². The molecule has 0 amide bonds. The highest BCUT2D eigenvalue weighted by atomic mass is 32.1. The molecule has 0 bridgehead atoms. The van der Waals surface area contributed by atoms with Crippen molar-refractivity contribution in [3.8, 4) is 22.4 Å². The molecular weight excluding hydrogens is 283 g/mol. The number of nitrogens with zero attached hydrogens (tertiary/aromatic N) is 2. The highest BCUT2D eigenvalue weighted by Crippen LogP contribution is 2.24. The molecule has 0 saturated heterocycles. The van der Waals surface area contributed by atoms with Crippen LogP contribution < -0.4 is 0 Å². The van der Waals surface area contributed by atoms with Crippen LogP contribution in [-0.4, -0.2) is 9.38 Å². The summed E-state index contributed by atoms with van der Waals surface area (Å²) in [6.45, 7) is 0. The van der Waals surface area contributed by atoms with E-state index in [1.165, 1.54) is 17.7 Å². The van der Waals surface area contributed by atoms with E-state index >= 15 is 0 Å². The zero-order valence-electron chi connectivity index (χ0n) is 11.0. The number of thiophene rings is 1. The number of hydrogen-bond donors (Lipinski definition) is 0. The van der Waals surface area contributed by atoms with Gasteiger partial charge in [-0.05, 0) is 64.4 Å². The standard InChI is InChI=1S/C17H11FN2S/c18-15-4-1-12(2-5-15)16-10-20-9-13(3-6-17(20)19-16)14-7-8-21-11-14/h1-11H. The van der Waals surface area contributed by atoms with Crippen LogP contribution in [-0.2, 0) is 0 Å². The Morgan fingerprint density at radius 1 is 0.857 bits per heavy atom. The van der Waals surface area contributed by atoms with Crippen LogP contribution >= 0.6 is 11.3 Å². The Hall–Kier alpha value is -2.46. The molecule has 102 valence electrons. The van der Waals surface area contributed by atoms with Gasteiger partial charge in [-0.15, -0.1) is 0 Å². The van der Waals surface area contributed by atoms with Gasteiger partial charge in [-0.25, -0.2) is 9.37 Å². The number of rotatable bonds is 2. The molecule has 0 fully saturated rings. The van der Waals surface area contributed by atoms with Gasteiger partial charge in [-0.3, -0.25) is 0 Å². The summed E-state index contributed by atoms with van der Waals surface area (Å²) in [5, 5.41) is 4.19. The highest BCUT2D eigenvalue weighted by Gasteiger charge is 2.06. The number of halogens is 1. The molecule has 1 aromatic carbocycles. The molecule has 0 aliphatic heterocycles. The summed E-state index contributed by atoms with van der Waals surface area (Å²) in [4.78, 5) is 4.58. The zero-order chi connectivity index (χ0) is 14.2. The molecule has 0 saturated carbocycles. The second-order valence-corrected chi connectivity index (χ2v) is 5.61. The van der Waals surface area contributed by atoms with Gasteiger partial charge in [-0.1, -0.05) is 0 Å². The molecule has 4 heteroatoms. The average molecular weight is 294 g/mol. The minimum atomic E-state index is -0.234. The van der Waals surface area contributed by atoms with Crippen LogP contribution in [0.4, 0.5) is 4.39 Å². The van der Waals surface area contributed by atoms with Gasteiger partial charge in [0, 0.05) is 18.0 Å². The normalized spacial score (nSPS) is 11.1. The lowest BCUT2D eigenvalue weighted by molar-refractivity contribution is 0.628. The first kappa shape index (κ1) is 12.3. The molecule has 0 spiro atoms. The van der Waals surface area contributed by atoms with E-state index in [9.17, 15) is 4.39 Å². The van der Waals surface area contributed by atoms with Crippen LogP contribution in [0.3, 0.4) is 0 Å². The van der Waals surface area contributed by atoms with Gasteiger partial charge in [0.1, 0.15) is 11.5 Å². The van der Waals surface area contributed by atoms with Gasteiger partial charge >= 0.3 is 0 Å². The molecule has 2 nitrogen and oxygen atoms in total. The average Bonchev–Trinajstić information content (AvgIpc) is 3.16. The van der Waals surface area contributed by atoms with Gasteiger partial charge in [0.15, 0.2) is 0 Å². The minimum absolute atomic E-state index is 0.234. The Balaban J connectivity index is 1.81. The monoisotopic (exact) mass is 294 g/mol. The molecule has 21 heavy (non-hydrogen) atoms. The molecular formula is C17H11FN2S. The number of fused-ring (bicyclic) bond motifs is 1. The Kier molecular flexibility index (Phi) is 2.82. The van der Waals surface area contributed by atoms with Crippen LogP contribution in [0.1, 0.15) is 0 Å². The molecule has 0 aliphatic rings. The summed E-state index contributed by atoms with van der Waals surface area (Å²) in [5.41, 5.74) is 5.01. The summed E-state index contributed by atoms with van der Waals surface area (Å²) < 4.78 is 15.0. The summed E-state index contributed by atoms with van der Waals surface area (Å²) in [7, 11) is 0. The third kappa shape index (κ3) is 2.23. The largest absolute Gasteiger partial charge is 0.306 e. The van der Waals surface area contributed by atoms with Crippen LogP contribution in [0.25, 0.3) is 28.0 Å². The van der Waals surface area contributed by atoms with E-state index < -0.39 is 0 Å². The van der Waals surface area contributed by atoms with E-state index in [1.807, 2.05) is 16.7 Å². The molecule has 0 N–H and O–H groups in total. The van der Waals surface area contributed by atoms with Crippen molar-refractivity contribution in [1.29, 1.82) is 0 Å². The molecule has 3 aromatic heterocycles. The van der Waals surface area contributed by atoms with Crippen LogP contribution in [0.2, 0.25) is 0 Å². The molecule has 0 atom stereocenters. The van der Waals surface area contributed by atoms with Crippen molar-refractivity contribution < 1.29 is 4.39 Å². The number of benzene rings is 1. The van der Waals surface area contributed by atoms with Crippen molar-refractivity contribution in [2.75, 3.05) is 0 Å². The molecule has 0 unspecified atom stereocenters. The lowest BCUT2D eigenvalue weighted by Gasteiger charge is -1.98. The molecule has 4 aromatic rings. The smallest absolute Gasteiger partial charge is 0.137 e. The van der Waals surface area contributed by atoms with Crippen LogP contribution in [0, 0.1) is 5.82 Å². The predicted molar refractivity (Wildman–Crippen MR) is 83.9 cm³/mol. The third-order valence-electron chi connectivity index (χ3n) is 3.45. The summed E-state index contributed by atoms with van der Waals surface area (Å²) in [6.07, 6.45) is 4.04. The van der Waals surface area contributed by atoms with E-state index in [2.05, 4.69) is 34.1 Å². The maximum absolute atomic E-state index is 13.0. The lowest BCUT2D eigenvalue weighted by atomic mass is 10.1. The van der Waals surface area contributed by atoms with Crippen molar-refractivity contribution in [2.24, 2.45) is 0 Å². The maximum Gasteiger partial charge on any atom is 0.137 e. The van der Waals surface area contributed by atoms with Crippen molar-refractivity contribution in [3.05, 3.63) is 71.4 Å². The van der Waals surface area contributed by atoms with Crippen molar-refractivity contribution in [2.45, 2.75) is 0 Å². The van der Waals surface area contributed by atoms with Gasteiger partial charge in [-0.2, -0.15) is 11.3 Å². The third-order valence-corrected chi connectivity index (χ3v) is 4.13.